The zero-order chi connectivity index (χ0) is 28.0. The molecule has 208 valence electrons. The van der Waals surface area contributed by atoms with Crippen LogP contribution in [0.1, 0.15) is 72.4 Å². The summed E-state index contributed by atoms with van der Waals surface area (Å²) in [5.74, 6) is -0.566. The number of thioether (sulfide) groups is 1. The van der Waals surface area contributed by atoms with Crippen LogP contribution in [0.15, 0.2) is 30.3 Å². The van der Waals surface area contributed by atoms with E-state index in [1.54, 1.807) is 63.7 Å². The van der Waals surface area contributed by atoms with E-state index in [0.29, 0.717) is 24.2 Å². The molecule has 0 aliphatic carbocycles. The Kier molecular flexibility index (Phi) is 14.1. The van der Waals surface area contributed by atoms with Crippen LogP contribution in [0.4, 0.5) is 4.79 Å². The van der Waals surface area contributed by atoms with Gasteiger partial charge in [-0.05, 0) is 65.0 Å². The second kappa shape index (κ2) is 16.2. The molecule has 1 aromatic carbocycles. The van der Waals surface area contributed by atoms with Gasteiger partial charge in [0, 0.05) is 12.6 Å². The minimum atomic E-state index is -0.955. The summed E-state index contributed by atoms with van der Waals surface area (Å²) in [6, 6.07) is 6.87. The second-order valence-electron chi connectivity index (χ2n) is 9.64. The number of carbonyl (C=O) groups is 4. The predicted molar refractivity (Wildman–Crippen MR) is 146 cm³/mol. The summed E-state index contributed by atoms with van der Waals surface area (Å²) in [6.45, 7) is 11.1. The lowest BCUT2D eigenvalue weighted by Crippen LogP contribution is -2.55. The molecular formula is C27H43N3O6S. The molecule has 3 atom stereocenters. The van der Waals surface area contributed by atoms with Gasteiger partial charge in [0.05, 0.1) is 13.0 Å². The Morgan fingerprint density at radius 3 is 2.27 bits per heavy atom. The Labute approximate surface area is 225 Å². The molecule has 0 aliphatic rings. The van der Waals surface area contributed by atoms with Gasteiger partial charge in [-0.15, -0.1) is 0 Å². The minimum absolute atomic E-state index is 0.0227. The van der Waals surface area contributed by atoms with Crippen LogP contribution in [0.25, 0.3) is 0 Å². The quantitative estimate of drug-likeness (QED) is 0.344. The van der Waals surface area contributed by atoms with E-state index in [9.17, 15) is 19.2 Å². The van der Waals surface area contributed by atoms with Crippen LogP contribution < -0.4 is 10.6 Å². The fraction of sp³-hybridized carbons (Fsp3) is 0.630. The van der Waals surface area contributed by atoms with E-state index in [-0.39, 0.29) is 31.5 Å². The summed E-state index contributed by atoms with van der Waals surface area (Å²) in [6.07, 6.45) is 2.22. The summed E-state index contributed by atoms with van der Waals surface area (Å²) >= 11 is 1.56. The molecule has 3 amide bonds. The van der Waals surface area contributed by atoms with Crippen LogP contribution in [0.2, 0.25) is 0 Å². The monoisotopic (exact) mass is 537 g/mol. The topological polar surface area (TPSA) is 114 Å². The van der Waals surface area contributed by atoms with Gasteiger partial charge in [-0.3, -0.25) is 14.4 Å². The standard InChI is InChI=1S/C27H43N3O6S/c1-8-19(3)30(25(33)21(16-18-37-7)29-26(34)36-27(4,5)6)23(20-13-11-10-12-14-20)24(32)28-17-15-22(31)35-9-2/h10-14,19,21,23H,8-9,15-18H2,1-7H3,(H,28,32)(H,29,34). The van der Waals surface area contributed by atoms with Crippen molar-refractivity contribution in [2.75, 3.05) is 25.2 Å². The maximum Gasteiger partial charge on any atom is 0.408 e. The van der Waals surface area contributed by atoms with Gasteiger partial charge in [-0.2, -0.15) is 11.8 Å². The van der Waals surface area contributed by atoms with E-state index in [1.165, 1.54) is 4.90 Å². The molecule has 10 heteroatoms. The van der Waals surface area contributed by atoms with E-state index in [1.807, 2.05) is 26.2 Å². The number of hydrogen-bond acceptors (Lipinski definition) is 7. The highest BCUT2D eigenvalue weighted by atomic mass is 32.2. The lowest BCUT2D eigenvalue weighted by molar-refractivity contribution is -0.146. The highest BCUT2D eigenvalue weighted by Gasteiger charge is 2.38. The van der Waals surface area contributed by atoms with Crippen LogP contribution in [0, 0.1) is 0 Å². The third-order valence-electron chi connectivity index (χ3n) is 5.50. The Morgan fingerprint density at radius 2 is 1.73 bits per heavy atom. The predicted octanol–water partition coefficient (Wildman–Crippen LogP) is 4.07. The van der Waals surface area contributed by atoms with Crippen molar-refractivity contribution >= 4 is 35.6 Å². The van der Waals surface area contributed by atoms with Crippen molar-refractivity contribution in [1.82, 2.24) is 15.5 Å². The summed E-state index contributed by atoms with van der Waals surface area (Å²) in [4.78, 5) is 53.4. The number of amides is 3. The van der Waals surface area contributed by atoms with Gasteiger partial charge in [-0.25, -0.2) is 4.79 Å². The molecule has 0 spiro atoms. The Bertz CT molecular complexity index is 875. The van der Waals surface area contributed by atoms with Gasteiger partial charge in [0.25, 0.3) is 0 Å². The molecule has 0 fully saturated rings. The maximum absolute atomic E-state index is 14.0. The first-order valence-electron chi connectivity index (χ1n) is 12.7. The third-order valence-corrected chi connectivity index (χ3v) is 6.14. The number of hydrogen-bond donors (Lipinski definition) is 2. The first-order valence-corrected chi connectivity index (χ1v) is 14.1. The molecule has 37 heavy (non-hydrogen) atoms. The summed E-state index contributed by atoms with van der Waals surface area (Å²) in [7, 11) is 0. The molecule has 1 rings (SSSR count). The number of alkyl carbamates (subject to hydrolysis) is 1. The van der Waals surface area contributed by atoms with Crippen molar-refractivity contribution < 1.29 is 28.7 Å². The first-order chi connectivity index (χ1) is 17.4. The highest BCUT2D eigenvalue weighted by Crippen LogP contribution is 2.26. The molecule has 0 aromatic heterocycles. The number of ether oxygens (including phenoxy) is 2. The molecule has 2 N–H and O–H groups in total. The average molecular weight is 538 g/mol. The van der Waals surface area contributed by atoms with Gasteiger partial charge in [0.2, 0.25) is 11.8 Å². The van der Waals surface area contributed by atoms with Crippen molar-refractivity contribution in [1.29, 1.82) is 0 Å². The molecule has 0 bridgehead atoms. The lowest BCUT2D eigenvalue weighted by Gasteiger charge is -2.38. The highest BCUT2D eigenvalue weighted by molar-refractivity contribution is 7.98. The number of carbonyl (C=O) groups excluding carboxylic acids is 4. The van der Waals surface area contributed by atoms with E-state index in [0.717, 1.165) is 0 Å². The fourth-order valence-electron chi connectivity index (χ4n) is 3.61. The Morgan fingerprint density at radius 1 is 1.08 bits per heavy atom. The summed E-state index contributed by atoms with van der Waals surface area (Å²) in [5.41, 5.74) is -0.0930. The van der Waals surface area contributed by atoms with E-state index >= 15 is 0 Å². The van der Waals surface area contributed by atoms with Crippen molar-refractivity contribution in [2.24, 2.45) is 0 Å². The lowest BCUT2D eigenvalue weighted by atomic mass is 9.99. The summed E-state index contributed by atoms with van der Waals surface area (Å²) in [5, 5.41) is 5.52. The van der Waals surface area contributed by atoms with Crippen LogP contribution in [-0.2, 0) is 23.9 Å². The molecule has 0 saturated heterocycles. The zero-order valence-electron chi connectivity index (χ0n) is 23.2. The van der Waals surface area contributed by atoms with Crippen LogP contribution in [0.5, 0.6) is 0 Å². The molecule has 0 saturated carbocycles. The number of nitrogens with zero attached hydrogens (tertiary/aromatic N) is 1. The van der Waals surface area contributed by atoms with Crippen molar-refractivity contribution in [3.05, 3.63) is 35.9 Å². The normalized spacial score (nSPS) is 13.6. The molecule has 0 aliphatic heterocycles. The van der Waals surface area contributed by atoms with Gasteiger partial charge in [0.15, 0.2) is 0 Å². The molecule has 3 unspecified atom stereocenters. The smallest absolute Gasteiger partial charge is 0.408 e. The van der Waals surface area contributed by atoms with Gasteiger partial charge in [0.1, 0.15) is 17.7 Å². The van der Waals surface area contributed by atoms with Crippen molar-refractivity contribution in [3.8, 4) is 0 Å². The van der Waals surface area contributed by atoms with Crippen LogP contribution in [-0.4, -0.2) is 71.6 Å². The second-order valence-corrected chi connectivity index (χ2v) is 10.6. The SMILES string of the molecule is CCOC(=O)CCNC(=O)C(c1ccccc1)N(C(=O)C(CCSC)NC(=O)OC(C)(C)C)C(C)CC. The van der Waals surface area contributed by atoms with E-state index in [2.05, 4.69) is 10.6 Å². The minimum Gasteiger partial charge on any atom is -0.466 e. The average Bonchev–Trinajstić information content (AvgIpc) is 2.83. The van der Waals surface area contributed by atoms with Gasteiger partial charge >= 0.3 is 12.1 Å². The number of esters is 1. The Balaban J connectivity index is 3.34. The number of benzene rings is 1. The largest absolute Gasteiger partial charge is 0.466 e. The number of nitrogens with one attached hydrogen (secondary N) is 2. The van der Waals surface area contributed by atoms with Crippen molar-refractivity contribution in [3.63, 3.8) is 0 Å². The third kappa shape index (κ3) is 11.5. The zero-order valence-corrected chi connectivity index (χ0v) is 24.0. The van der Waals surface area contributed by atoms with Crippen molar-refractivity contribution in [2.45, 2.75) is 84.5 Å². The molecule has 1 aromatic rings. The van der Waals surface area contributed by atoms with Gasteiger partial charge in [-0.1, -0.05) is 37.3 Å². The number of rotatable bonds is 14. The van der Waals surface area contributed by atoms with Gasteiger partial charge < -0.3 is 25.0 Å². The van der Waals surface area contributed by atoms with E-state index < -0.39 is 35.7 Å². The fourth-order valence-corrected chi connectivity index (χ4v) is 4.08. The van der Waals surface area contributed by atoms with E-state index in [4.69, 9.17) is 9.47 Å². The Hall–Kier alpha value is -2.75. The van der Waals surface area contributed by atoms with Crippen LogP contribution in [0.3, 0.4) is 0 Å². The summed E-state index contributed by atoms with van der Waals surface area (Å²) < 4.78 is 10.3. The van der Waals surface area contributed by atoms with Crippen LogP contribution >= 0.6 is 11.8 Å². The molecule has 9 nitrogen and oxygen atoms in total. The maximum atomic E-state index is 14.0. The first kappa shape index (κ1) is 32.3. The molecular weight excluding hydrogens is 494 g/mol. The molecule has 0 heterocycles. The molecule has 0 radical (unpaired) electrons.